The second-order valence-corrected chi connectivity index (χ2v) is 6.63. The van der Waals surface area contributed by atoms with Crippen LogP contribution in [0.2, 0.25) is 0 Å². The van der Waals surface area contributed by atoms with Crippen LogP contribution in [0.4, 0.5) is 0 Å². The number of ether oxygens (including phenoxy) is 1. The molecule has 3 N–H and O–H groups in total. The van der Waals surface area contributed by atoms with Gasteiger partial charge in [-0.15, -0.1) is 24.8 Å². The van der Waals surface area contributed by atoms with Crippen LogP contribution in [-0.2, 0) is 24.3 Å². The van der Waals surface area contributed by atoms with Gasteiger partial charge in [0.2, 0.25) is 5.91 Å². The summed E-state index contributed by atoms with van der Waals surface area (Å²) >= 11 is 0. The Morgan fingerprint density at radius 1 is 1.13 bits per heavy atom. The van der Waals surface area contributed by atoms with E-state index in [4.69, 9.17) is 10.5 Å². The van der Waals surface area contributed by atoms with Gasteiger partial charge in [-0.05, 0) is 30.2 Å². The molecule has 0 bridgehead atoms. The van der Waals surface area contributed by atoms with Crippen LogP contribution in [0.15, 0.2) is 67.1 Å². The van der Waals surface area contributed by atoms with Crippen molar-refractivity contribution in [2.75, 3.05) is 6.61 Å². The molecule has 3 aromatic rings. The fourth-order valence-electron chi connectivity index (χ4n) is 2.94. The van der Waals surface area contributed by atoms with E-state index in [1.807, 2.05) is 60.2 Å². The quantitative estimate of drug-likeness (QED) is 0.523. The molecule has 0 aliphatic rings. The van der Waals surface area contributed by atoms with E-state index in [0.717, 1.165) is 23.6 Å². The molecule has 0 radical (unpaired) electrons. The molecule has 30 heavy (non-hydrogen) atoms. The van der Waals surface area contributed by atoms with Gasteiger partial charge in [-0.2, -0.15) is 0 Å². The van der Waals surface area contributed by atoms with Gasteiger partial charge in [-0.3, -0.25) is 4.79 Å². The number of nitrogens with two attached hydrogens (primary N) is 1. The summed E-state index contributed by atoms with van der Waals surface area (Å²) in [4.78, 5) is 16.7. The molecule has 3 rings (SSSR count). The monoisotopic (exact) mass is 450 g/mol. The van der Waals surface area contributed by atoms with Gasteiger partial charge in [0.15, 0.2) is 0 Å². The number of hydrogen-bond acceptors (Lipinski definition) is 4. The Bertz CT molecular complexity index is 903. The molecule has 0 saturated carbocycles. The summed E-state index contributed by atoms with van der Waals surface area (Å²) in [5, 5.41) is 2.88. The van der Waals surface area contributed by atoms with E-state index in [0.29, 0.717) is 19.6 Å². The third-order valence-electron chi connectivity index (χ3n) is 4.34. The molecule has 8 heteroatoms. The zero-order valence-electron chi connectivity index (χ0n) is 16.9. The summed E-state index contributed by atoms with van der Waals surface area (Å²) in [7, 11) is 0. The number of halogens is 2. The molecule has 0 aliphatic carbocycles. The van der Waals surface area contributed by atoms with Crippen LogP contribution in [0.3, 0.4) is 0 Å². The van der Waals surface area contributed by atoms with Crippen molar-refractivity contribution >= 4 is 30.7 Å². The van der Waals surface area contributed by atoms with E-state index in [-0.39, 0.29) is 30.7 Å². The highest BCUT2D eigenvalue weighted by atomic mass is 35.5. The molecular weight excluding hydrogens is 423 g/mol. The van der Waals surface area contributed by atoms with Crippen molar-refractivity contribution in [1.82, 2.24) is 14.9 Å². The van der Waals surface area contributed by atoms with Crippen molar-refractivity contribution in [3.63, 3.8) is 0 Å². The number of amides is 1. The molecule has 1 aromatic heterocycles. The molecular formula is C22H28Cl2N4O2. The molecule has 0 aliphatic heterocycles. The standard InChI is InChI=1S/C22H26N4O2.2ClH/c1-2-28-20-10-6-9-18(11-20)13-24-22(27)21(23)12-19-15-26(16-25-19)14-17-7-4-3-5-8-17;;/h3-11,15-16,21H,2,12-14,23H2,1H3,(H,24,27);2*1H/t21-;;/m0../s1. The zero-order valence-corrected chi connectivity index (χ0v) is 18.5. The Kier molecular flexibility index (Phi) is 11.0. The lowest BCUT2D eigenvalue weighted by Gasteiger charge is -2.12. The number of nitrogens with zero attached hydrogens (tertiary/aromatic N) is 2. The maximum Gasteiger partial charge on any atom is 0.237 e. The van der Waals surface area contributed by atoms with Gasteiger partial charge >= 0.3 is 0 Å². The van der Waals surface area contributed by atoms with Crippen molar-refractivity contribution in [3.05, 3.63) is 83.9 Å². The van der Waals surface area contributed by atoms with Gasteiger partial charge in [0.1, 0.15) is 5.75 Å². The van der Waals surface area contributed by atoms with Crippen LogP contribution in [0.5, 0.6) is 5.75 Å². The lowest BCUT2D eigenvalue weighted by molar-refractivity contribution is -0.122. The van der Waals surface area contributed by atoms with Crippen molar-refractivity contribution in [2.24, 2.45) is 5.73 Å². The second-order valence-electron chi connectivity index (χ2n) is 6.63. The van der Waals surface area contributed by atoms with Crippen LogP contribution in [-0.4, -0.2) is 28.1 Å². The number of aromatic nitrogens is 2. The molecule has 1 heterocycles. The predicted octanol–water partition coefficient (Wildman–Crippen LogP) is 3.36. The lowest BCUT2D eigenvalue weighted by atomic mass is 10.1. The zero-order chi connectivity index (χ0) is 19.8. The Balaban J connectivity index is 0.00000225. The van der Waals surface area contributed by atoms with E-state index in [2.05, 4.69) is 22.4 Å². The van der Waals surface area contributed by atoms with E-state index in [9.17, 15) is 4.79 Å². The fraction of sp³-hybridized carbons (Fsp3) is 0.273. The summed E-state index contributed by atoms with van der Waals surface area (Å²) in [5.41, 5.74) is 9.04. The van der Waals surface area contributed by atoms with Gasteiger partial charge in [0.05, 0.1) is 24.7 Å². The van der Waals surface area contributed by atoms with Crippen LogP contribution in [0, 0.1) is 0 Å². The number of benzene rings is 2. The number of carbonyl (C=O) groups excluding carboxylic acids is 1. The SMILES string of the molecule is CCOc1cccc(CNC(=O)[C@@H](N)Cc2cn(Cc3ccccc3)cn2)c1.Cl.Cl. The molecule has 0 saturated heterocycles. The van der Waals surface area contributed by atoms with E-state index < -0.39 is 6.04 Å². The number of carbonyl (C=O) groups is 1. The minimum absolute atomic E-state index is 0. The fourth-order valence-corrected chi connectivity index (χ4v) is 2.94. The van der Waals surface area contributed by atoms with Crippen molar-refractivity contribution in [2.45, 2.75) is 32.5 Å². The smallest absolute Gasteiger partial charge is 0.237 e. The molecule has 6 nitrogen and oxygen atoms in total. The molecule has 1 amide bonds. The molecule has 1 atom stereocenters. The van der Waals surface area contributed by atoms with Crippen molar-refractivity contribution in [1.29, 1.82) is 0 Å². The number of nitrogens with one attached hydrogen (secondary N) is 1. The summed E-state index contributed by atoms with van der Waals surface area (Å²) < 4.78 is 7.47. The number of rotatable bonds is 9. The first kappa shape index (κ1) is 25.5. The van der Waals surface area contributed by atoms with E-state index >= 15 is 0 Å². The Morgan fingerprint density at radius 2 is 1.87 bits per heavy atom. The summed E-state index contributed by atoms with van der Waals surface area (Å²) in [6, 6.07) is 17.2. The van der Waals surface area contributed by atoms with Gasteiger partial charge in [-0.1, -0.05) is 42.5 Å². The molecule has 0 fully saturated rings. The van der Waals surface area contributed by atoms with Gasteiger partial charge in [0.25, 0.3) is 0 Å². The first-order chi connectivity index (χ1) is 13.6. The second kappa shape index (κ2) is 12.9. The maximum atomic E-state index is 12.3. The number of hydrogen-bond donors (Lipinski definition) is 2. The Labute approximate surface area is 189 Å². The van der Waals surface area contributed by atoms with Crippen LogP contribution in [0.25, 0.3) is 0 Å². The first-order valence-electron chi connectivity index (χ1n) is 9.43. The molecule has 0 spiro atoms. The highest BCUT2D eigenvalue weighted by molar-refractivity contribution is 5.85. The topological polar surface area (TPSA) is 82.2 Å². The van der Waals surface area contributed by atoms with Gasteiger partial charge in [0, 0.05) is 25.7 Å². The first-order valence-corrected chi connectivity index (χ1v) is 9.43. The Hall–Kier alpha value is -2.54. The minimum atomic E-state index is -0.643. The highest BCUT2D eigenvalue weighted by Crippen LogP contribution is 2.13. The maximum absolute atomic E-state index is 12.3. The van der Waals surface area contributed by atoms with Gasteiger partial charge < -0.3 is 20.4 Å². The summed E-state index contributed by atoms with van der Waals surface area (Å²) in [6.07, 6.45) is 4.10. The normalized spacial score (nSPS) is 11.0. The lowest BCUT2D eigenvalue weighted by Crippen LogP contribution is -2.41. The average molecular weight is 451 g/mol. The third-order valence-corrected chi connectivity index (χ3v) is 4.34. The molecule has 0 unspecified atom stereocenters. The summed E-state index contributed by atoms with van der Waals surface area (Å²) in [5.74, 6) is 0.599. The van der Waals surface area contributed by atoms with Crippen molar-refractivity contribution < 1.29 is 9.53 Å². The van der Waals surface area contributed by atoms with Crippen molar-refractivity contribution in [3.8, 4) is 5.75 Å². The Morgan fingerprint density at radius 3 is 2.60 bits per heavy atom. The molecule has 162 valence electrons. The largest absolute Gasteiger partial charge is 0.494 e. The third kappa shape index (κ3) is 7.71. The number of imidazole rings is 1. The van der Waals surface area contributed by atoms with Crippen LogP contribution in [0.1, 0.15) is 23.7 Å². The molecule has 2 aromatic carbocycles. The van der Waals surface area contributed by atoms with Crippen LogP contribution < -0.4 is 15.8 Å². The van der Waals surface area contributed by atoms with Crippen LogP contribution >= 0.6 is 24.8 Å². The minimum Gasteiger partial charge on any atom is -0.494 e. The van der Waals surface area contributed by atoms with E-state index in [1.54, 1.807) is 6.33 Å². The van der Waals surface area contributed by atoms with Gasteiger partial charge in [-0.25, -0.2) is 4.98 Å². The summed E-state index contributed by atoms with van der Waals surface area (Å²) in [6.45, 7) is 3.70. The predicted molar refractivity (Wildman–Crippen MR) is 123 cm³/mol. The average Bonchev–Trinajstić information content (AvgIpc) is 3.14. The highest BCUT2D eigenvalue weighted by Gasteiger charge is 2.15. The van der Waals surface area contributed by atoms with E-state index in [1.165, 1.54) is 5.56 Å².